The van der Waals surface area contributed by atoms with Gasteiger partial charge in [0.05, 0.1) is 0 Å². The Bertz CT molecular complexity index is 1030. The number of nitrogens with zero attached hydrogens (tertiary/aromatic N) is 4. The molecule has 3 aromatic rings. The van der Waals surface area contributed by atoms with Gasteiger partial charge in [-0.15, -0.1) is 10.2 Å². The van der Waals surface area contributed by atoms with Crippen molar-refractivity contribution in [1.29, 1.82) is 0 Å². The minimum Gasteiger partial charge on any atom is -0.352 e. The Morgan fingerprint density at radius 2 is 1.97 bits per heavy atom. The molecule has 0 unspecified atom stereocenters. The second-order valence-electron chi connectivity index (χ2n) is 7.53. The number of piperidine rings is 1. The fourth-order valence-corrected chi connectivity index (χ4v) is 3.98. The monoisotopic (exact) mass is 425 g/mol. The number of hydrogen-bond donors (Lipinski definition) is 1. The van der Waals surface area contributed by atoms with Crippen LogP contribution in [0.3, 0.4) is 0 Å². The summed E-state index contributed by atoms with van der Waals surface area (Å²) in [5.41, 5.74) is 1.39. The first-order valence-electron chi connectivity index (χ1n) is 10.2. The van der Waals surface area contributed by atoms with Crippen LogP contribution in [-0.4, -0.2) is 50.9 Å². The highest BCUT2D eigenvalue weighted by atomic mass is 35.5. The number of halogens is 1. The molecule has 2 amide bonds. The fraction of sp³-hybridized carbons (Fsp3) is 0.364. The van der Waals surface area contributed by atoms with E-state index >= 15 is 0 Å². The molecule has 1 aliphatic heterocycles. The predicted molar refractivity (Wildman–Crippen MR) is 115 cm³/mol. The zero-order valence-corrected chi connectivity index (χ0v) is 17.4. The standard InChI is InChI=1S/C22H24ClN5O2/c23-18-10-8-16(9-11-18)22(30)24-12-3-7-20(29)27-13-4-5-17(15-27)21-26-25-19-6-1-2-14-28(19)21/h1-2,6,8-11,14,17H,3-5,7,12-13,15H2,(H,24,30)/t17-/m1/s1. The lowest BCUT2D eigenvalue weighted by molar-refractivity contribution is -0.132. The molecule has 0 aliphatic carbocycles. The Kier molecular flexibility index (Phi) is 6.28. The van der Waals surface area contributed by atoms with Crippen molar-refractivity contribution in [3.8, 4) is 0 Å². The van der Waals surface area contributed by atoms with Gasteiger partial charge in [0.25, 0.3) is 5.91 Å². The topological polar surface area (TPSA) is 79.6 Å². The zero-order valence-electron chi connectivity index (χ0n) is 16.6. The molecule has 0 bridgehead atoms. The highest BCUT2D eigenvalue weighted by molar-refractivity contribution is 6.30. The Labute approximate surface area is 180 Å². The normalized spacial score (nSPS) is 16.6. The molecule has 2 aromatic heterocycles. The summed E-state index contributed by atoms with van der Waals surface area (Å²) in [6.07, 6.45) is 4.93. The molecule has 0 saturated carbocycles. The van der Waals surface area contributed by atoms with E-state index < -0.39 is 0 Å². The summed E-state index contributed by atoms with van der Waals surface area (Å²) in [4.78, 5) is 26.7. The van der Waals surface area contributed by atoms with Gasteiger partial charge in [0.2, 0.25) is 5.91 Å². The van der Waals surface area contributed by atoms with Crippen molar-refractivity contribution < 1.29 is 9.59 Å². The average molecular weight is 426 g/mol. The molecule has 1 aliphatic rings. The van der Waals surface area contributed by atoms with Gasteiger partial charge in [0, 0.05) is 48.8 Å². The molecule has 1 N–H and O–H groups in total. The molecule has 7 nitrogen and oxygen atoms in total. The molecular formula is C22H24ClN5O2. The van der Waals surface area contributed by atoms with Crippen LogP contribution in [-0.2, 0) is 4.79 Å². The highest BCUT2D eigenvalue weighted by Gasteiger charge is 2.27. The summed E-state index contributed by atoms with van der Waals surface area (Å²) in [6.45, 7) is 1.88. The predicted octanol–water partition coefficient (Wildman–Crippen LogP) is 3.30. The summed E-state index contributed by atoms with van der Waals surface area (Å²) >= 11 is 5.84. The summed E-state index contributed by atoms with van der Waals surface area (Å²) in [5, 5.41) is 12.0. The average Bonchev–Trinajstić information content (AvgIpc) is 3.21. The molecule has 156 valence electrons. The van der Waals surface area contributed by atoms with Crippen LogP contribution in [0.25, 0.3) is 5.65 Å². The molecule has 1 aromatic carbocycles. The minimum atomic E-state index is -0.157. The van der Waals surface area contributed by atoms with Gasteiger partial charge in [-0.25, -0.2) is 0 Å². The number of benzene rings is 1. The summed E-state index contributed by atoms with van der Waals surface area (Å²) in [6, 6.07) is 12.6. The van der Waals surface area contributed by atoms with Crippen molar-refractivity contribution in [1.82, 2.24) is 24.8 Å². The molecule has 0 spiro atoms. The van der Waals surface area contributed by atoms with Crippen molar-refractivity contribution in [2.75, 3.05) is 19.6 Å². The molecule has 4 rings (SSSR count). The van der Waals surface area contributed by atoms with Crippen molar-refractivity contribution >= 4 is 29.1 Å². The third-order valence-electron chi connectivity index (χ3n) is 5.44. The summed E-state index contributed by atoms with van der Waals surface area (Å²) < 4.78 is 2.00. The van der Waals surface area contributed by atoms with Crippen LogP contribution in [0.1, 0.15) is 47.8 Å². The second kappa shape index (κ2) is 9.26. The Morgan fingerprint density at radius 3 is 2.80 bits per heavy atom. The number of rotatable bonds is 6. The van der Waals surface area contributed by atoms with Crippen LogP contribution in [0.5, 0.6) is 0 Å². The van der Waals surface area contributed by atoms with Gasteiger partial charge in [0.1, 0.15) is 5.82 Å². The number of amides is 2. The fourth-order valence-electron chi connectivity index (χ4n) is 3.86. The molecule has 1 fully saturated rings. The van der Waals surface area contributed by atoms with Crippen molar-refractivity contribution in [2.24, 2.45) is 0 Å². The van der Waals surface area contributed by atoms with Crippen LogP contribution in [0.4, 0.5) is 0 Å². The van der Waals surface area contributed by atoms with Gasteiger partial charge in [0.15, 0.2) is 5.65 Å². The maximum Gasteiger partial charge on any atom is 0.251 e. The van der Waals surface area contributed by atoms with Gasteiger partial charge in [-0.05, 0) is 55.7 Å². The van der Waals surface area contributed by atoms with Gasteiger partial charge in [-0.1, -0.05) is 17.7 Å². The number of pyridine rings is 1. The van der Waals surface area contributed by atoms with Crippen LogP contribution in [0.15, 0.2) is 48.7 Å². The molecule has 0 radical (unpaired) electrons. The SMILES string of the molecule is O=C(NCCCC(=O)N1CCC[C@@H](c2nnc3ccccn23)C1)c1ccc(Cl)cc1. The van der Waals surface area contributed by atoms with Crippen LogP contribution >= 0.6 is 11.6 Å². The van der Waals surface area contributed by atoms with Crippen molar-refractivity contribution in [3.05, 3.63) is 65.1 Å². The van der Waals surface area contributed by atoms with Gasteiger partial charge >= 0.3 is 0 Å². The van der Waals surface area contributed by atoms with E-state index in [-0.39, 0.29) is 17.7 Å². The first-order valence-corrected chi connectivity index (χ1v) is 10.6. The van der Waals surface area contributed by atoms with E-state index in [1.165, 1.54) is 0 Å². The summed E-state index contributed by atoms with van der Waals surface area (Å²) in [7, 11) is 0. The second-order valence-corrected chi connectivity index (χ2v) is 7.97. The Balaban J connectivity index is 1.26. The number of hydrogen-bond acceptors (Lipinski definition) is 4. The third-order valence-corrected chi connectivity index (χ3v) is 5.69. The quantitative estimate of drug-likeness (QED) is 0.614. The van der Waals surface area contributed by atoms with Crippen LogP contribution < -0.4 is 5.32 Å². The molecule has 30 heavy (non-hydrogen) atoms. The number of carbonyl (C=O) groups excluding carboxylic acids is 2. The summed E-state index contributed by atoms with van der Waals surface area (Å²) in [5.74, 6) is 1.06. The smallest absolute Gasteiger partial charge is 0.251 e. The molecule has 1 atom stereocenters. The van der Waals surface area contributed by atoms with Crippen molar-refractivity contribution in [3.63, 3.8) is 0 Å². The van der Waals surface area contributed by atoms with Gasteiger partial charge < -0.3 is 10.2 Å². The van der Waals surface area contributed by atoms with E-state index in [9.17, 15) is 9.59 Å². The van der Waals surface area contributed by atoms with E-state index in [2.05, 4.69) is 15.5 Å². The largest absolute Gasteiger partial charge is 0.352 e. The van der Waals surface area contributed by atoms with Crippen LogP contribution in [0, 0.1) is 0 Å². The number of likely N-dealkylation sites (tertiary alicyclic amines) is 1. The zero-order chi connectivity index (χ0) is 20.9. The maximum atomic E-state index is 12.7. The lowest BCUT2D eigenvalue weighted by Crippen LogP contribution is -2.39. The molecular weight excluding hydrogens is 402 g/mol. The first kappa shape index (κ1) is 20.3. The lowest BCUT2D eigenvalue weighted by atomic mass is 9.97. The van der Waals surface area contributed by atoms with Gasteiger partial charge in [-0.3, -0.25) is 14.0 Å². The number of aromatic nitrogens is 3. The Morgan fingerprint density at radius 1 is 1.13 bits per heavy atom. The van der Waals surface area contributed by atoms with Crippen LogP contribution in [0.2, 0.25) is 5.02 Å². The van der Waals surface area contributed by atoms with Gasteiger partial charge in [-0.2, -0.15) is 0 Å². The Hall–Kier alpha value is -2.93. The van der Waals surface area contributed by atoms with E-state index in [1.807, 2.05) is 33.7 Å². The maximum absolute atomic E-state index is 12.7. The highest BCUT2D eigenvalue weighted by Crippen LogP contribution is 2.26. The number of fused-ring (bicyclic) bond motifs is 1. The number of carbonyl (C=O) groups is 2. The molecule has 1 saturated heterocycles. The molecule has 3 heterocycles. The number of nitrogens with one attached hydrogen (secondary N) is 1. The lowest BCUT2D eigenvalue weighted by Gasteiger charge is -2.32. The van der Waals surface area contributed by atoms with E-state index in [0.717, 1.165) is 30.9 Å². The van der Waals surface area contributed by atoms with E-state index in [1.54, 1.807) is 24.3 Å². The molecule has 8 heteroatoms. The van der Waals surface area contributed by atoms with E-state index in [0.29, 0.717) is 36.5 Å². The van der Waals surface area contributed by atoms with E-state index in [4.69, 9.17) is 11.6 Å². The minimum absolute atomic E-state index is 0.120. The first-order chi connectivity index (χ1) is 14.6. The third kappa shape index (κ3) is 4.62. The van der Waals surface area contributed by atoms with Crippen molar-refractivity contribution in [2.45, 2.75) is 31.6 Å².